The van der Waals surface area contributed by atoms with Gasteiger partial charge in [0.05, 0.1) is 16.9 Å². The van der Waals surface area contributed by atoms with Gasteiger partial charge in [0, 0.05) is 25.3 Å². The van der Waals surface area contributed by atoms with Crippen molar-refractivity contribution in [3.63, 3.8) is 0 Å². The number of pyridine rings is 1. The number of hydrogen-bond acceptors (Lipinski definition) is 4. The zero-order valence-corrected chi connectivity index (χ0v) is 13.1. The minimum Gasteiger partial charge on any atom is -0.477 e. The molecule has 2 aliphatic rings. The molecule has 0 radical (unpaired) electrons. The molecule has 1 N–H and O–H groups in total. The fraction of sp³-hybridized carbons (Fsp3) is 0.278. The number of anilines is 2. The second-order valence-corrected chi connectivity index (χ2v) is 6.11. The fourth-order valence-corrected chi connectivity index (χ4v) is 3.16. The maximum Gasteiger partial charge on any atom is 0.354 e. The Morgan fingerprint density at radius 2 is 1.79 bits per heavy atom. The molecule has 122 valence electrons. The van der Waals surface area contributed by atoms with Gasteiger partial charge in [-0.25, -0.2) is 9.78 Å². The van der Waals surface area contributed by atoms with Gasteiger partial charge in [0.1, 0.15) is 5.69 Å². The van der Waals surface area contributed by atoms with Gasteiger partial charge in [0.15, 0.2) is 0 Å². The van der Waals surface area contributed by atoms with E-state index in [-0.39, 0.29) is 11.6 Å². The quantitative estimate of drug-likeness (QED) is 0.939. The Kier molecular flexibility index (Phi) is 3.45. The van der Waals surface area contributed by atoms with Crippen molar-refractivity contribution >= 4 is 23.3 Å². The van der Waals surface area contributed by atoms with Gasteiger partial charge >= 0.3 is 5.97 Å². The highest BCUT2D eigenvalue weighted by Gasteiger charge is 2.35. The van der Waals surface area contributed by atoms with Crippen LogP contribution in [0.4, 0.5) is 11.4 Å². The number of nitrogens with zero attached hydrogens (tertiary/aromatic N) is 3. The molecule has 6 heteroatoms. The van der Waals surface area contributed by atoms with E-state index >= 15 is 0 Å². The van der Waals surface area contributed by atoms with Gasteiger partial charge in [-0.2, -0.15) is 0 Å². The van der Waals surface area contributed by atoms with E-state index in [2.05, 4.69) is 16.0 Å². The SMILES string of the molecule is O=C(O)c1ccc(C(=O)N2CCN(C3CC3)c3ccccc32)cn1. The molecule has 0 saturated heterocycles. The summed E-state index contributed by atoms with van der Waals surface area (Å²) < 4.78 is 0. The zero-order valence-electron chi connectivity index (χ0n) is 13.1. The minimum atomic E-state index is -1.10. The molecule has 1 fully saturated rings. The number of aromatic carboxylic acids is 1. The number of amides is 1. The lowest BCUT2D eigenvalue weighted by atomic mass is 10.1. The van der Waals surface area contributed by atoms with Crippen molar-refractivity contribution in [2.45, 2.75) is 18.9 Å². The Morgan fingerprint density at radius 1 is 1.04 bits per heavy atom. The van der Waals surface area contributed by atoms with Crippen LogP contribution in [0.5, 0.6) is 0 Å². The molecule has 1 aromatic heterocycles. The van der Waals surface area contributed by atoms with Crippen LogP contribution in [0.15, 0.2) is 42.6 Å². The van der Waals surface area contributed by atoms with Crippen LogP contribution in [-0.4, -0.2) is 41.1 Å². The van der Waals surface area contributed by atoms with Crippen molar-refractivity contribution in [1.82, 2.24) is 4.98 Å². The van der Waals surface area contributed by atoms with Gasteiger partial charge in [-0.1, -0.05) is 12.1 Å². The van der Waals surface area contributed by atoms with E-state index in [0.29, 0.717) is 18.2 Å². The van der Waals surface area contributed by atoms with Crippen molar-refractivity contribution in [2.24, 2.45) is 0 Å². The third-order valence-corrected chi connectivity index (χ3v) is 4.51. The Balaban J connectivity index is 1.64. The van der Waals surface area contributed by atoms with Crippen LogP contribution in [-0.2, 0) is 0 Å². The Morgan fingerprint density at radius 3 is 2.42 bits per heavy atom. The summed E-state index contributed by atoms with van der Waals surface area (Å²) in [5.41, 5.74) is 2.33. The molecule has 1 amide bonds. The van der Waals surface area contributed by atoms with Gasteiger partial charge in [-0.15, -0.1) is 0 Å². The van der Waals surface area contributed by atoms with E-state index in [1.807, 2.05) is 18.2 Å². The maximum absolute atomic E-state index is 12.9. The number of carbonyl (C=O) groups excluding carboxylic acids is 1. The largest absolute Gasteiger partial charge is 0.477 e. The monoisotopic (exact) mass is 323 g/mol. The zero-order chi connectivity index (χ0) is 16.7. The molecule has 0 spiro atoms. The van der Waals surface area contributed by atoms with Gasteiger partial charge < -0.3 is 14.9 Å². The molecular formula is C18H17N3O3. The first-order chi connectivity index (χ1) is 11.6. The van der Waals surface area contributed by atoms with E-state index in [4.69, 9.17) is 5.11 Å². The molecule has 0 atom stereocenters. The molecule has 1 aliphatic carbocycles. The highest BCUT2D eigenvalue weighted by atomic mass is 16.4. The highest BCUT2D eigenvalue weighted by molar-refractivity contribution is 6.08. The number of rotatable bonds is 3. The van der Waals surface area contributed by atoms with Crippen molar-refractivity contribution in [3.8, 4) is 0 Å². The topological polar surface area (TPSA) is 73.7 Å². The summed E-state index contributed by atoms with van der Waals surface area (Å²) in [4.78, 5) is 31.7. The van der Waals surface area contributed by atoms with Crippen LogP contribution in [0.2, 0.25) is 0 Å². The molecule has 0 bridgehead atoms. The van der Waals surface area contributed by atoms with Crippen LogP contribution in [0, 0.1) is 0 Å². The summed E-state index contributed by atoms with van der Waals surface area (Å²) in [6.45, 7) is 1.43. The van der Waals surface area contributed by atoms with Gasteiger partial charge in [-0.3, -0.25) is 4.79 Å². The molecule has 1 aliphatic heterocycles. The molecular weight excluding hydrogens is 306 g/mol. The maximum atomic E-state index is 12.9. The summed E-state index contributed by atoms with van der Waals surface area (Å²) in [5, 5.41) is 8.92. The molecule has 4 rings (SSSR count). The predicted molar refractivity (Wildman–Crippen MR) is 89.7 cm³/mol. The number of fused-ring (bicyclic) bond motifs is 1. The first kappa shape index (κ1) is 14.7. The number of hydrogen-bond donors (Lipinski definition) is 1. The molecule has 2 heterocycles. The van der Waals surface area contributed by atoms with Crippen LogP contribution in [0.3, 0.4) is 0 Å². The van der Waals surface area contributed by atoms with Crippen LogP contribution < -0.4 is 9.80 Å². The lowest BCUT2D eigenvalue weighted by molar-refractivity contribution is 0.0690. The lowest BCUT2D eigenvalue weighted by Gasteiger charge is -2.38. The highest BCUT2D eigenvalue weighted by Crippen LogP contribution is 2.40. The van der Waals surface area contributed by atoms with Crippen LogP contribution >= 0.6 is 0 Å². The summed E-state index contributed by atoms with van der Waals surface area (Å²) in [6, 6.07) is 11.4. The smallest absolute Gasteiger partial charge is 0.354 e. The first-order valence-electron chi connectivity index (χ1n) is 8.02. The van der Waals surface area contributed by atoms with E-state index < -0.39 is 5.97 Å². The summed E-state index contributed by atoms with van der Waals surface area (Å²) in [6.07, 6.45) is 3.76. The second kappa shape index (κ2) is 5.63. The third kappa shape index (κ3) is 2.50. The number of carbonyl (C=O) groups is 2. The molecule has 6 nitrogen and oxygen atoms in total. The van der Waals surface area contributed by atoms with Crippen molar-refractivity contribution in [1.29, 1.82) is 0 Å². The van der Waals surface area contributed by atoms with Crippen molar-refractivity contribution in [2.75, 3.05) is 22.9 Å². The van der Waals surface area contributed by atoms with E-state index in [9.17, 15) is 9.59 Å². The average Bonchev–Trinajstić information content (AvgIpc) is 3.45. The minimum absolute atomic E-state index is 0.0643. The standard InChI is InChI=1S/C18H17N3O3/c22-17(12-5-8-14(18(23)24)19-11-12)21-10-9-20(13-6-7-13)15-3-1-2-4-16(15)21/h1-5,8,11,13H,6-7,9-10H2,(H,23,24). The Hall–Kier alpha value is -2.89. The number of carboxylic acid groups (broad SMARTS) is 1. The molecule has 24 heavy (non-hydrogen) atoms. The first-order valence-corrected chi connectivity index (χ1v) is 8.02. The van der Waals surface area contributed by atoms with E-state index in [1.165, 1.54) is 31.2 Å². The third-order valence-electron chi connectivity index (χ3n) is 4.51. The van der Waals surface area contributed by atoms with E-state index in [1.54, 1.807) is 4.90 Å². The summed E-state index contributed by atoms with van der Waals surface area (Å²) in [7, 11) is 0. The van der Waals surface area contributed by atoms with Gasteiger partial charge in [0.25, 0.3) is 5.91 Å². The summed E-state index contributed by atoms with van der Waals surface area (Å²) in [5.74, 6) is -1.25. The fourth-order valence-electron chi connectivity index (χ4n) is 3.16. The molecule has 0 unspecified atom stereocenters. The lowest BCUT2D eigenvalue weighted by Crippen LogP contribution is -2.45. The number of carboxylic acids is 1. The van der Waals surface area contributed by atoms with Crippen LogP contribution in [0.25, 0.3) is 0 Å². The number of benzene rings is 1. The van der Waals surface area contributed by atoms with E-state index in [0.717, 1.165) is 17.9 Å². The molecule has 2 aromatic rings. The predicted octanol–water partition coefficient (Wildman–Crippen LogP) is 2.41. The van der Waals surface area contributed by atoms with Gasteiger partial charge in [0.2, 0.25) is 0 Å². The van der Waals surface area contributed by atoms with Crippen molar-refractivity contribution in [3.05, 3.63) is 53.9 Å². The summed E-state index contributed by atoms with van der Waals surface area (Å²) >= 11 is 0. The number of para-hydroxylation sites is 2. The molecule has 1 saturated carbocycles. The average molecular weight is 323 g/mol. The Bertz CT molecular complexity index is 799. The second-order valence-electron chi connectivity index (χ2n) is 6.11. The van der Waals surface area contributed by atoms with Gasteiger partial charge in [-0.05, 0) is 37.1 Å². The normalized spacial score (nSPS) is 16.7. The Labute approximate surface area is 139 Å². The van der Waals surface area contributed by atoms with Crippen molar-refractivity contribution < 1.29 is 14.7 Å². The van der Waals surface area contributed by atoms with Crippen LogP contribution in [0.1, 0.15) is 33.7 Å². The molecule has 1 aromatic carbocycles. The number of aromatic nitrogens is 1.